The van der Waals surface area contributed by atoms with Crippen LogP contribution in [0.3, 0.4) is 0 Å². The molecule has 0 amide bonds. The third-order valence-electron chi connectivity index (χ3n) is 5.76. The highest BCUT2D eigenvalue weighted by Gasteiger charge is 2.32. The molecule has 0 saturated carbocycles. The fourth-order valence-corrected chi connectivity index (χ4v) is 4.26. The summed E-state index contributed by atoms with van der Waals surface area (Å²) in [4.78, 5) is 7.63. The van der Waals surface area contributed by atoms with E-state index in [1.807, 2.05) is 12.1 Å². The van der Waals surface area contributed by atoms with Crippen molar-refractivity contribution in [1.82, 2.24) is 14.7 Å². The van der Waals surface area contributed by atoms with Crippen LogP contribution in [0.1, 0.15) is 30.4 Å². The molecule has 2 saturated heterocycles. The Bertz CT molecular complexity index is 572. The standard InChI is InChI=1S/C21H31N3O/c1-3-18-4-6-19(7-5-18)16-23-13-14-24(21(17-23)10-15-25)20-8-11-22(2)12-9-20/h1,4-7,20-21,25H,8-17H2,2H3. The van der Waals surface area contributed by atoms with Crippen molar-refractivity contribution in [1.29, 1.82) is 0 Å². The second-order valence-corrected chi connectivity index (χ2v) is 7.51. The van der Waals surface area contributed by atoms with Gasteiger partial charge in [0, 0.05) is 50.4 Å². The zero-order valence-electron chi connectivity index (χ0n) is 15.4. The topological polar surface area (TPSA) is 30.0 Å². The molecule has 4 nitrogen and oxygen atoms in total. The molecule has 0 radical (unpaired) electrons. The molecule has 25 heavy (non-hydrogen) atoms. The minimum Gasteiger partial charge on any atom is -0.396 e. The highest BCUT2D eigenvalue weighted by atomic mass is 16.3. The predicted octanol–water partition coefficient (Wildman–Crippen LogP) is 1.63. The smallest absolute Gasteiger partial charge is 0.0446 e. The number of terminal acetylenes is 1. The first-order valence-corrected chi connectivity index (χ1v) is 9.52. The van der Waals surface area contributed by atoms with E-state index >= 15 is 0 Å². The summed E-state index contributed by atoms with van der Waals surface area (Å²) in [6.45, 7) is 6.89. The molecule has 2 aliphatic rings. The minimum absolute atomic E-state index is 0.276. The summed E-state index contributed by atoms with van der Waals surface area (Å²) in [5, 5.41) is 9.54. The fourth-order valence-electron chi connectivity index (χ4n) is 4.26. The van der Waals surface area contributed by atoms with Gasteiger partial charge in [0.1, 0.15) is 0 Å². The molecule has 3 rings (SSSR count). The van der Waals surface area contributed by atoms with Gasteiger partial charge in [-0.15, -0.1) is 6.42 Å². The molecular formula is C21H31N3O. The van der Waals surface area contributed by atoms with Crippen molar-refractivity contribution in [3.05, 3.63) is 35.4 Å². The molecular weight excluding hydrogens is 310 g/mol. The van der Waals surface area contributed by atoms with Crippen LogP contribution < -0.4 is 0 Å². The molecule has 136 valence electrons. The number of piperidine rings is 1. The van der Waals surface area contributed by atoms with Crippen molar-refractivity contribution in [2.24, 2.45) is 0 Å². The first kappa shape index (κ1) is 18.4. The monoisotopic (exact) mass is 341 g/mol. The van der Waals surface area contributed by atoms with Crippen LogP contribution in [0, 0.1) is 12.3 Å². The lowest BCUT2D eigenvalue weighted by Gasteiger charge is -2.47. The van der Waals surface area contributed by atoms with E-state index in [1.165, 1.54) is 31.5 Å². The number of aliphatic hydroxyl groups excluding tert-OH is 1. The van der Waals surface area contributed by atoms with Gasteiger partial charge in [-0.05, 0) is 57.1 Å². The van der Waals surface area contributed by atoms with E-state index in [0.29, 0.717) is 12.1 Å². The van der Waals surface area contributed by atoms with E-state index in [4.69, 9.17) is 6.42 Å². The van der Waals surface area contributed by atoms with Gasteiger partial charge in [0.15, 0.2) is 0 Å². The molecule has 1 aromatic rings. The van der Waals surface area contributed by atoms with Gasteiger partial charge in [-0.1, -0.05) is 18.1 Å². The molecule has 2 fully saturated rings. The summed E-state index contributed by atoms with van der Waals surface area (Å²) in [6.07, 6.45) is 8.82. The number of aliphatic hydroxyl groups is 1. The highest BCUT2D eigenvalue weighted by Crippen LogP contribution is 2.23. The van der Waals surface area contributed by atoms with Gasteiger partial charge in [0.25, 0.3) is 0 Å². The molecule has 1 N–H and O–H groups in total. The Morgan fingerprint density at radius 3 is 2.48 bits per heavy atom. The maximum absolute atomic E-state index is 9.54. The third kappa shape index (κ3) is 4.83. The molecule has 0 aliphatic carbocycles. The van der Waals surface area contributed by atoms with Crippen LogP contribution in [0.5, 0.6) is 0 Å². The maximum atomic E-state index is 9.54. The van der Waals surface area contributed by atoms with Gasteiger partial charge >= 0.3 is 0 Å². The first-order valence-electron chi connectivity index (χ1n) is 9.52. The molecule has 2 heterocycles. The fraction of sp³-hybridized carbons (Fsp3) is 0.619. The van der Waals surface area contributed by atoms with Crippen LogP contribution in [0.2, 0.25) is 0 Å². The van der Waals surface area contributed by atoms with Crippen molar-refractivity contribution >= 4 is 0 Å². The molecule has 0 spiro atoms. The third-order valence-corrected chi connectivity index (χ3v) is 5.76. The average molecular weight is 341 g/mol. The number of rotatable bonds is 5. The molecule has 0 aromatic heterocycles. The Balaban J connectivity index is 1.59. The average Bonchev–Trinajstić information content (AvgIpc) is 2.64. The number of likely N-dealkylation sites (tertiary alicyclic amines) is 1. The maximum Gasteiger partial charge on any atom is 0.0446 e. The molecule has 2 aliphatic heterocycles. The number of nitrogens with zero attached hydrogens (tertiary/aromatic N) is 3. The number of hydrogen-bond donors (Lipinski definition) is 1. The summed E-state index contributed by atoms with van der Waals surface area (Å²) in [7, 11) is 2.21. The van der Waals surface area contributed by atoms with Crippen molar-refractivity contribution < 1.29 is 5.11 Å². The van der Waals surface area contributed by atoms with Crippen LogP contribution in [0.15, 0.2) is 24.3 Å². The van der Waals surface area contributed by atoms with E-state index in [9.17, 15) is 5.11 Å². The van der Waals surface area contributed by atoms with Crippen LogP contribution in [0.25, 0.3) is 0 Å². The van der Waals surface area contributed by atoms with Gasteiger partial charge in [-0.2, -0.15) is 0 Å². The van der Waals surface area contributed by atoms with Gasteiger partial charge < -0.3 is 10.0 Å². The van der Waals surface area contributed by atoms with Gasteiger partial charge in [0.2, 0.25) is 0 Å². The zero-order chi connectivity index (χ0) is 17.6. The second-order valence-electron chi connectivity index (χ2n) is 7.51. The summed E-state index contributed by atoms with van der Waals surface area (Å²) >= 11 is 0. The highest BCUT2D eigenvalue weighted by molar-refractivity contribution is 5.34. The quantitative estimate of drug-likeness (QED) is 0.825. The molecule has 1 aromatic carbocycles. The Morgan fingerprint density at radius 2 is 1.84 bits per heavy atom. The number of benzene rings is 1. The zero-order valence-corrected chi connectivity index (χ0v) is 15.4. The Hall–Kier alpha value is -1.38. The predicted molar refractivity (Wildman–Crippen MR) is 102 cm³/mol. The molecule has 4 heteroatoms. The lowest BCUT2D eigenvalue weighted by Crippen LogP contribution is -2.58. The molecule has 1 atom stereocenters. The van der Waals surface area contributed by atoms with E-state index in [1.54, 1.807) is 0 Å². The lowest BCUT2D eigenvalue weighted by molar-refractivity contribution is 0.00600. The summed E-state index contributed by atoms with van der Waals surface area (Å²) in [5.74, 6) is 2.68. The van der Waals surface area contributed by atoms with Crippen LogP contribution in [-0.4, -0.2) is 78.3 Å². The summed E-state index contributed by atoms with van der Waals surface area (Å²) < 4.78 is 0. The van der Waals surface area contributed by atoms with Gasteiger partial charge in [-0.3, -0.25) is 9.80 Å². The Morgan fingerprint density at radius 1 is 1.12 bits per heavy atom. The van der Waals surface area contributed by atoms with Crippen LogP contribution in [0.4, 0.5) is 0 Å². The van der Waals surface area contributed by atoms with Crippen LogP contribution >= 0.6 is 0 Å². The normalized spacial score (nSPS) is 24.3. The Labute approximate surface area is 152 Å². The molecule has 0 bridgehead atoms. The van der Waals surface area contributed by atoms with Gasteiger partial charge in [-0.25, -0.2) is 0 Å². The number of hydrogen-bond acceptors (Lipinski definition) is 4. The van der Waals surface area contributed by atoms with E-state index in [0.717, 1.165) is 38.2 Å². The van der Waals surface area contributed by atoms with E-state index < -0.39 is 0 Å². The van der Waals surface area contributed by atoms with Crippen molar-refractivity contribution in [3.8, 4) is 12.3 Å². The van der Waals surface area contributed by atoms with Crippen molar-refractivity contribution in [3.63, 3.8) is 0 Å². The first-order chi connectivity index (χ1) is 12.2. The molecule has 1 unspecified atom stereocenters. The van der Waals surface area contributed by atoms with Crippen molar-refractivity contribution in [2.45, 2.75) is 37.9 Å². The van der Waals surface area contributed by atoms with Gasteiger partial charge in [0.05, 0.1) is 0 Å². The largest absolute Gasteiger partial charge is 0.396 e. The summed E-state index contributed by atoms with van der Waals surface area (Å²) in [5.41, 5.74) is 2.25. The Kier molecular flexibility index (Phi) is 6.50. The minimum atomic E-state index is 0.276. The van der Waals surface area contributed by atoms with Crippen molar-refractivity contribution in [2.75, 3.05) is 46.4 Å². The van der Waals surface area contributed by atoms with Crippen LogP contribution in [-0.2, 0) is 6.54 Å². The number of piperazine rings is 1. The van der Waals surface area contributed by atoms with E-state index in [-0.39, 0.29) is 6.61 Å². The summed E-state index contributed by atoms with van der Waals surface area (Å²) in [6, 6.07) is 9.48. The SMILES string of the molecule is C#Cc1ccc(CN2CCN(C3CCN(C)CC3)C(CCO)C2)cc1. The van der Waals surface area contributed by atoms with E-state index in [2.05, 4.69) is 39.8 Å². The second kappa shape index (κ2) is 8.82. The lowest BCUT2D eigenvalue weighted by atomic mass is 9.98.